The summed E-state index contributed by atoms with van der Waals surface area (Å²) in [6.45, 7) is 0. The van der Waals surface area contributed by atoms with Crippen LogP contribution in [0.3, 0.4) is 0 Å². The molecule has 0 fully saturated rings. The highest BCUT2D eigenvalue weighted by molar-refractivity contribution is 6.09. The average Bonchev–Trinajstić information content (AvgIpc) is 2.77. The molecule has 2 N–H and O–H groups in total. The molecular formula is C23H26O8. The molecule has 1 aliphatic carbocycles. The number of ketones is 2. The molecule has 1 aromatic carbocycles. The molecule has 0 aromatic heterocycles. The Kier molecular flexibility index (Phi) is 8.60. The van der Waals surface area contributed by atoms with E-state index in [1.807, 2.05) is 0 Å². The fourth-order valence-corrected chi connectivity index (χ4v) is 2.90. The van der Waals surface area contributed by atoms with E-state index in [0.717, 1.165) is 0 Å². The van der Waals surface area contributed by atoms with Crippen molar-refractivity contribution in [3.05, 3.63) is 59.4 Å². The topological polar surface area (TPSA) is 112 Å². The molecule has 2 unspecified atom stereocenters. The number of hydrogen-bond acceptors (Lipinski definition) is 8. The van der Waals surface area contributed by atoms with Crippen molar-refractivity contribution in [2.45, 2.75) is 18.6 Å². The molecule has 0 radical (unpaired) electrons. The van der Waals surface area contributed by atoms with Crippen molar-refractivity contribution in [3.63, 3.8) is 0 Å². The number of aliphatic hydroxyl groups excluding tert-OH is 1. The van der Waals surface area contributed by atoms with Gasteiger partial charge in [-0.1, -0.05) is 12.2 Å². The smallest absolute Gasteiger partial charge is 0.200 e. The third-order valence-corrected chi connectivity index (χ3v) is 4.55. The minimum Gasteiger partial charge on any atom is -0.502 e. The minimum atomic E-state index is -0.924. The van der Waals surface area contributed by atoms with Crippen LogP contribution in [0.5, 0.6) is 17.2 Å². The van der Waals surface area contributed by atoms with Crippen LogP contribution in [0.15, 0.2) is 53.8 Å². The number of benzene rings is 1. The molecule has 2 rings (SSSR count). The Bertz CT molecular complexity index is 914. The lowest BCUT2D eigenvalue weighted by molar-refractivity contribution is -0.121. The van der Waals surface area contributed by atoms with E-state index in [2.05, 4.69) is 0 Å². The van der Waals surface area contributed by atoms with Crippen molar-refractivity contribution in [1.82, 2.24) is 0 Å². The lowest BCUT2D eigenvalue weighted by atomic mass is 9.99. The zero-order chi connectivity index (χ0) is 23.0. The van der Waals surface area contributed by atoms with Crippen LogP contribution in [0, 0.1) is 0 Å². The molecule has 2 atom stereocenters. The SMILES string of the molecule is COC1=CC(/C=C/C(=O)CC(=O)/C=C/c2cc(OC)c(O)c(OC)c2)=CC(OC)C1O. The molecule has 0 saturated heterocycles. The molecule has 0 amide bonds. The Morgan fingerprint density at radius 3 is 2.06 bits per heavy atom. The van der Waals surface area contributed by atoms with Crippen LogP contribution in [0.1, 0.15) is 12.0 Å². The van der Waals surface area contributed by atoms with E-state index < -0.39 is 18.0 Å². The number of ether oxygens (including phenoxy) is 4. The van der Waals surface area contributed by atoms with E-state index in [0.29, 0.717) is 16.9 Å². The normalized spacial score (nSPS) is 18.6. The van der Waals surface area contributed by atoms with Gasteiger partial charge in [-0.05, 0) is 47.6 Å². The van der Waals surface area contributed by atoms with Gasteiger partial charge in [0.2, 0.25) is 5.75 Å². The summed E-state index contributed by atoms with van der Waals surface area (Å²) in [5.74, 6) is -0.191. The predicted molar refractivity (Wildman–Crippen MR) is 114 cm³/mol. The summed E-state index contributed by atoms with van der Waals surface area (Å²) >= 11 is 0. The molecule has 0 spiro atoms. The quantitative estimate of drug-likeness (QED) is 0.430. The fourth-order valence-electron chi connectivity index (χ4n) is 2.90. The highest BCUT2D eigenvalue weighted by atomic mass is 16.5. The van der Waals surface area contributed by atoms with Crippen molar-refractivity contribution in [2.24, 2.45) is 0 Å². The van der Waals surface area contributed by atoms with Gasteiger partial charge in [0, 0.05) is 7.11 Å². The Hall–Kier alpha value is -3.36. The van der Waals surface area contributed by atoms with Gasteiger partial charge in [-0.25, -0.2) is 0 Å². The molecule has 1 aliphatic rings. The van der Waals surface area contributed by atoms with Gasteiger partial charge in [0.25, 0.3) is 0 Å². The molecule has 0 heterocycles. The number of allylic oxidation sites excluding steroid dienone is 5. The van der Waals surface area contributed by atoms with Gasteiger partial charge < -0.3 is 29.2 Å². The van der Waals surface area contributed by atoms with Gasteiger partial charge in [0.15, 0.2) is 23.1 Å². The summed E-state index contributed by atoms with van der Waals surface area (Å²) in [7, 11) is 5.70. The number of carbonyl (C=O) groups excluding carboxylic acids is 2. The molecule has 1 aromatic rings. The van der Waals surface area contributed by atoms with Crippen LogP contribution in [0.25, 0.3) is 6.08 Å². The Balaban J connectivity index is 2.03. The fraction of sp³-hybridized carbons (Fsp3) is 0.304. The van der Waals surface area contributed by atoms with E-state index in [1.54, 1.807) is 24.3 Å². The first kappa shape index (κ1) is 23.9. The highest BCUT2D eigenvalue weighted by Gasteiger charge is 2.25. The summed E-state index contributed by atoms with van der Waals surface area (Å²) in [4.78, 5) is 24.3. The van der Waals surface area contributed by atoms with Crippen molar-refractivity contribution in [3.8, 4) is 17.2 Å². The predicted octanol–water partition coefficient (Wildman–Crippen LogP) is 2.35. The molecular weight excluding hydrogens is 404 g/mol. The first-order chi connectivity index (χ1) is 14.8. The largest absolute Gasteiger partial charge is 0.502 e. The lowest BCUT2D eigenvalue weighted by Crippen LogP contribution is -2.31. The van der Waals surface area contributed by atoms with Gasteiger partial charge in [0.1, 0.15) is 18.0 Å². The molecule has 0 aliphatic heterocycles. The number of phenolic OH excluding ortho intramolecular Hbond substituents is 1. The number of hydrogen-bond donors (Lipinski definition) is 2. The van der Waals surface area contributed by atoms with Gasteiger partial charge >= 0.3 is 0 Å². The molecule has 8 nitrogen and oxygen atoms in total. The molecule has 0 saturated carbocycles. The molecule has 0 bridgehead atoms. The Morgan fingerprint density at radius 1 is 0.968 bits per heavy atom. The Morgan fingerprint density at radius 2 is 1.55 bits per heavy atom. The lowest BCUT2D eigenvalue weighted by Gasteiger charge is -2.24. The monoisotopic (exact) mass is 430 g/mol. The van der Waals surface area contributed by atoms with Crippen molar-refractivity contribution >= 4 is 17.6 Å². The van der Waals surface area contributed by atoms with Gasteiger partial charge in [0.05, 0.1) is 27.8 Å². The number of methoxy groups -OCH3 is 4. The number of aliphatic hydroxyl groups is 1. The maximum absolute atomic E-state index is 12.1. The van der Waals surface area contributed by atoms with Crippen LogP contribution in [0.4, 0.5) is 0 Å². The summed E-state index contributed by atoms with van der Waals surface area (Å²) in [6.07, 6.45) is 7.02. The number of rotatable bonds is 10. The van der Waals surface area contributed by atoms with Crippen LogP contribution in [0.2, 0.25) is 0 Å². The minimum absolute atomic E-state index is 0.139. The van der Waals surface area contributed by atoms with Crippen LogP contribution in [-0.2, 0) is 19.1 Å². The van der Waals surface area contributed by atoms with E-state index in [1.165, 1.54) is 52.7 Å². The summed E-state index contributed by atoms with van der Waals surface area (Å²) in [5.41, 5.74) is 1.19. The van der Waals surface area contributed by atoms with Gasteiger partial charge in [-0.15, -0.1) is 0 Å². The van der Waals surface area contributed by atoms with Crippen LogP contribution < -0.4 is 9.47 Å². The van der Waals surface area contributed by atoms with Crippen molar-refractivity contribution in [1.29, 1.82) is 0 Å². The maximum atomic E-state index is 12.1. The van der Waals surface area contributed by atoms with E-state index >= 15 is 0 Å². The summed E-state index contributed by atoms with van der Waals surface area (Å²) in [5, 5.41) is 20.0. The highest BCUT2D eigenvalue weighted by Crippen LogP contribution is 2.37. The third-order valence-electron chi connectivity index (χ3n) is 4.55. The maximum Gasteiger partial charge on any atom is 0.200 e. The second-order valence-electron chi connectivity index (χ2n) is 6.61. The van der Waals surface area contributed by atoms with Crippen LogP contribution >= 0.6 is 0 Å². The van der Waals surface area contributed by atoms with Crippen molar-refractivity contribution < 1.29 is 38.7 Å². The van der Waals surface area contributed by atoms with E-state index in [-0.39, 0.29) is 29.5 Å². The van der Waals surface area contributed by atoms with Crippen LogP contribution in [-0.4, -0.2) is 62.4 Å². The third kappa shape index (κ3) is 6.31. The van der Waals surface area contributed by atoms with Crippen molar-refractivity contribution in [2.75, 3.05) is 28.4 Å². The Labute approximate surface area is 180 Å². The first-order valence-corrected chi connectivity index (χ1v) is 9.38. The molecule has 8 heteroatoms. The number of phenols is 1. The second kappa shape index (κ2) is 11.1. The zero-order valence-corrected chi connectivity index (χ0v) is 17.8. The molecule has 166 valence electrons. The van der Waals surface area contributed by atoms with E-state index in [9.17, 15) is 19.8 Å². The average molecular weight is 430 g/mol. The molecule has 31 heavy (non-hydrogen) atoms. The van der Waals surface area contributed by atoms with Gasteiger partial charge in [-0.3, -0.25) is 9.59 Å². The van der Waals surface area contributed by atoms with E-state index in [4.69, 9.17) is 18.9 Å². The van der Waals surface area contributed by atoms with Gasteiger partial charge in [-0.2, -0.15) is 0 Å². The number of aromatic hydroxyl groups is 1. The summed E-state index contributed by atoms with van der Waals surface area (Å²) < 4.78 is 20.5. The standard InChI is InChI=1S/C23H26O8/c1-28-18-9-14(10-19(29-2)22(18)26)5-7-16(24)13-17(25)8-6-15-11-20(30-3)23(27)21(12-15)31-4/h5-12,18,22,26-27H,13H2,1-4H3/b7-5+,8-6+. The summed E-state index contributed by atoms with van der Waals surface area (Å²) in [6, 6.07) is 3.08. The number of carbonyl (C=O) groups is 2. The first-order valence-electron chi connectivity index (χ1n) is 9.38. The zero-order valence-electron chi connectivity index (χ0n) is 17.8. The second-order valence-corrected chi connectivity index (χ2v) is 6.61.